The Morgan fingerprint density at radius 3 is 2.20 bits per heavy atom. The van der Waals surface area contributed by atoms with Crippen molar-refractivity contribution in [3.8, 4) is 0 Å². The maximum absolute atomic E-state index is 12.9. The SMILES string of the molecule is Cc1ccccc1NS(=O)(=O)c1c(C)cc(N2CCCC2=O)cc1C. The van der Waals surface area contributed by atoms with E-state index in [4.69, 9.17) is 0 Å². The number of amides is 1. The molecular formula is C19H22N2O3S. The number of hydrogen-bond acceptors (Lipinski definition) is 3. The average Bonchev–Trinajstić information content (AvgIpc) is 2.94. The molecular weight excluding hydrogens is 336 g/mol. The molecule has 5 nitrogen and oxygen atoms in total. The fourth-order valence-corrected chi connectivity index (χ4v) is 4.90. The van der Waals surface area contributed by atoms with Gasteiger partial charge in [-0.1, -0.05) is 18.2 Å². The smallest absolute Gasteiger partial charge is 0.262 e. The van der Waals surface area contributed by atoms with Crippen LogP contribution in [0, 0.1) is 20.8 Å². The highest BCUT2D eigenvalue weighted by atomic mass is 32.2. The Morgan fingerprint density at radius 1 is 1.00 bits per heavy atom. The Labute approximate surface area is 148 Å². The van der Waals surface area contributed by atoms with Crippen LogP contribution in [0.3, 0.4) is 0 Å². The summed E-state index contributed by atoms with van der Waals surface area (Å²) in [6.45, 7) is 6.08. The minimum atomic E-state index is -3.70. The van der Waals surface area contributed by atoms with Gasteiger partial charge in [0.05, 0.1) is 10.6 Å². The maximum Gasteiger partial charge on any atom is 0.262 e. The minimum absolute atomic E-state index is 0.0902. The number of nitrogens with zero attached hydrogens (tertiary/aromatic N) is 1. The molecule has 132 valence electrons. The summed E-state index contributed by atoms with van der Waals surface area (Å²) in [6.07, 6.45) is 1.39. The van der Waals surface area contributed by atoms with Crippen LogP contribution < -0.4 is 9.62 Å². The van der Waals surface area contributed by atoms with Crippen molar-refractivity contribution in [2.75, 3.05) is 16.2 Å². The lowest BCUT2D eigenvalue weighted by Gasteiger charge is -2.20. The van der Waals surface area contributed by atoms with E-state index in [-0.39, 0.29) is 10.8 Å². The Hall–Kier alpha value is -2.34. The molecule has 2 aromatic carbocycles. The van der Waals surface area contributed by atoms with Gasteiger partial charge in [-0.15, -0.1) is 0 Å². The molecule has 1 N–H and O–H groups in total. The zero-order chi connectivity index (χ0) is 18.2. The molecule has 0 bridgehead atoms. The van der Waals surface area contributed by atoms with Crippen molar-refractivity contribution in [2.45, 2.75) is 38.5 Å². The van der Waals surface area contributed by atoms with E-state index in [1.807, 2.05) is 19.1 Å². The van der Waals surface area contributed by atoms with Crippen LogP contribution in [-0.2, 0) is 14.8 Å². The molecule has 0 spiro atoms. The average molecular weight is 358 g/mol. The molecule has 0 atom stereocenters. The van der Waals surface area contributed by atoms with Gasteiger partial charge in [0.1, 0.15) is 0 Å². The van der Waals surface area contributed by atoms with E-state index >= 15 is 0 Å². The Kier molecular flexibility index (Phi) is 4.56. The van der Waals surface area contributed by atoms with Gasteiger partial charge in [0.15, 0.2) is 0 Å². The summed E-state index contributed by atoms with van der Waals surface area (Å²) in [4.78, 5) is 14.0. The molecule has 1 heterocycles. The molecule has 1 aliphatic rings. The van der Waals surface area contributed by atoms with Gasteiger partial charge in [0.25, 0.3) is 10.0 Å². The normalized spacial score (nSPS) is 14.8. The molecule has 0 radical (unpaired) electrons. The summed E-state index contributed by atoms with van der Waals surface area (Å²) in [5.41, 5.74) is 3.47. The Balaban J connectivity index is 1.99. The van der Waals surface area contributed by atoms with Crippen molar-refractivity contribution in [1.82, 2.24) is 0 Å². The van der Waals surface area contributed by atoms with Gasteiger partial charge in [0, 0.05) is 18.7 Å². The molecule has 0 unspecified atom stereocenters. The van der Waals surface area contributed by atoms with E-state index in [1.54, 1.807) is 43.0 Å². The molecule has 0 aromatic heterocycles. The maximum atomic E-state index is 12.9. The molecule has 1 aliphatic heterocycles. The van der Waals surface area contributed by atoms with Gasteiger partial charge in [-0.3, -0.25) is 9.52 Å². The van der Waals surface area contributed by atoms with Crippen LogP contribution in [0.25, 0.3) is 0 Å². The second kappa shape index (κ2) is 6.52. The van der Waals surface area contributed by atoms with Crippen LogP contribution in [0.2, 0.25) is 0 Å². The van der Waals surface area contributed by atoms with Crippen molar-refractivity contribution < 1.29 is 13.2 Å². The van der Waals surface area contributed by atoms with Crippen molar-refractivity contribution in [3.05, 3.63) is 53.1 Å². The summed E-state index contributed by atoms with van der Waals surface area (Å²) >= 11 is 0. The van der Waals surface area contributed by atoms with E-state index in [0.717, 1.165) is 17.7 Å². The van der Waals surface area contributed by atoms with Crippen LogP contribution >= 0.6 is 0 Å². The number of sulfonamides is 1. The lowest BCUT2D eigenvalue weighted by atomic mass is 10.1. The Morgan fingerprint density at radius 2 is 1.64 bits per heavy atom. The largest absolute Gasteiger partial charge is 0.312 e. The second-order valence-corrected chi connectivity index (χ2v) is 8.10. The summed E-state index contributed by atoms with van der Waals surface area (Å²) < 4.78 is 28.5. The van der Waals surface area contributed by atoms with E-state index < -0.39 is 10.0 Å². The van der Waals surface area contributed by atoms with Crippen LogP contribution in [0.15, 0.2) is 41.3 Å². The number of nitrogens with one attached hydrogen (secondary N) is 1. The van der Waals surface area contributed by atoms with Crippen LogP contribution in [-0.4, -0.2) is 20.9 Å². The first kappa shape index (κ1) is 17.5. The van der Waals surface area contributed by atoms with Gasteiger partial charge >= 0.3 is 0 Å². The fraction of sp³-hybridized carbons (Fsp3) is 0.316. The topological polar surface area (TPSA) is 66.5 Å². The van der Waals surface area contributed by atoms with E-state index in [2.05, 4.69) is 4.72 Å². The third kappa shape index (κ3) is 3.39. The molecule has 2 aromatic rings. The standard InChI is InChI=1S/C19H22N2O3S/c1-13-7-4-5-8-17(13)20-25(23,24)19-14(2)11-16(12-15(19)3)21-10-6-9-18(21)22/h4-5,7-8,11-12,20H,6,9-10H2,1-3H3. The van der Waals surface area contributed by atoms with Crippen molar-refractivity contribution in [3.63, 3.8) is 0 Å². The summed E-state index contributed by atoms with van der Waals surface area (Å²) in [5, 5.41) is 0. The third-order valence-corrected chi connectivity index (χ3v) is 6.16. The van der Waals surface area contributed by atoms with Gasteiger partial charge in [-0.25, -0.2) is 8.42 Å². The highest BCUT2D eigenvalue weighted by Crippen LogP contribution is 2.30. The van der Waals surface area contributed by atoms with Crippen molar-refractivity contribution in [2.24, 2.45) is 0 Å². The minimum Gasteiger partial charge on any atom is -0.312 e. The van der Waals surface area contributed by atoms with Crippen LogP contribution in [0.1, 0.15) is 29.5 Å². The van der Waals surface area contributed by atoms with Crippen molar-refractivity contribution in [1.29, 1.82) is 0 Å². The molecule has 1 fully saturated rings. The quantitative estimate of drug-likeness (QED) is 0.909. The monoisotopic (exact) mass is 358 g/mol. The fourth-order valence-electron chi connectivity index (χ4n) is 3.31. The highest BCUT2D eigenvalue weighted by Gasteiger charge is 2.25. The number of aryl methyl sites for hydroxylation is 3. The third-order valence-electron chi connectivity index (χ3n) is 4.49. The zero-order valence-corrected chi connectivity index (χ0v) is 15.5. The van der Waals surface area contributed by atoms with Crippen molar-refractivity contribution >= 4 is 27.3 Å². The number of rotatable bonds is 4. The lowest BCUT2D eigenvalue weighted by molar-refractivity contribution is -0.117. The van der Waals surface area contributed by atoms with E-state index in [9.17, 15) is 13.2 Å². The number of carbonyl (C=O) groups excluding carboxylic acids is 1. The second-order valence-electron chi connectivity index (χ2n) is 6.48. The van der Waals surface area contributed by atoms with Gasteiger partial charge < -0.3 is 4.90 Å². The predicted molar refractivity (Wildman–Crippen MR) is 99.5 cm³/mol. The molecule has 3 rings (SSSR count). The first-order valence-electron chi connectivity index (χ1n) is 8.29. The molecule has 6 heteroatoms. The Bertz CT molecular complexity index is 912. The number of para-hydroxylation sites is 1. The number of anilines is 2. The van der Waals surface area contributed by atoms with E-state index in [1.165, 1.54) is 0 Å². The molecule has 0 saturated carbocycles. The van der Waals surface area contributed by atoms with Gasteiger partial charge in [-0.05, 0) is 62.1 Å². The first-order chi connectivity index (χ1) is 11.8. The number of hydrogen-bond donors (Lipinski definition) is 1. The lowest BCUT2D eigenvalue weighted by Crippen LogP contribution is -2.24. The highest BCUT2D eigenvalue weighted by molar-refractivity contribution is 7.92. The molecule has 1 amide bonds. The van der Waals surface area contributed by atoms with Crippen LogP contribution in [0.4, 0.5) is 11.4 Å². The van der Waals surface area contributed by atoms with Gasteiger partial charge in [-0.2, -0.15) is 0 Å². The predicted octanol–water partition coefficient (Wildman–Crippen LogP) is 3.54. The van der Waals surface area contributed by atoms with Gasteiger partial charge in [0.2, 0.25) is 5.91 Å². The molecule has 0 aliphatic carbocycles. The van der Waals surface area contributed by atoms with E-state index in [0.29, 0.717) is 29.8 Å². The summed E-state index contributed by atoms with van der Waals surface area (Å²) in [6, 6.07) is 10.8. The molecule has 1 saturated heterocycles. The summed E-state index contributed by atoms with van der Waals surface area (Å²) in [7, 11) is -3.70. The van der Waals surface area contributed by atoms with Crippen LogP contribution in [0.5, 0.6) is 0 Å². The summed E-state index contributed by atoms with van der Waals surface area (Å²) in [5.74, 6) is 0.0902. The first-order valence-corrected chi connectivity index (χ1v) is 9.78. The molecule has 25 heavy (non-hydrogen) atoms. The zero-order valence-electron chi connectivity index (χ0n) is 14.7. The number of carbonyl (C=O) groups is 1. The number of benzene rings is 2.